The van der Waals surface area contributed by atoms with Gasteiger partial charge in [-0.05, 0) is 48.9 Å². The normalized spacial score (nSPS) is 14.6. The number of nitrogens with one attached hydrogen (secondary N) is 1. The van der Waals surface area contributed by atoms with Crippen molar-refractivity contribution in [2.45, 2.75) is 38.8 Å². The molecule has 1 saturated carbocycles. The third-order valence-electron chi connectivity index (χ3n) is 3.58. The average molecular weight is 252 g/mol. The highest BCUT2D eigenvalue weighted by atomic mass is 14.9. The van der Waals surface area contributed by atoms with Gasteiger partial charge in [-0.2, -0.15) is 0 Å². The van der Waals surface area contributed by atoms with E-state index in [1.807, 2.05) is 13.0 Å². The average Bonchev–Trinajstić information content (AvgIpc) is 3.23. The second kappa shape index (κ2) is 5.54. The van der Waals surface area contributed by atoms with Gasteiger partial charge in [-0.3, -0.25) is 4.98 Å². The molecule has 2 heteroatoms. The lowest BCUT2D eigenvalue weighted by molar-refractivity contribution is 0.677. The molecule has 0 unspecified atom stereocenters. The number of hydrogen-bond acceptors (Lipinski definition) is 2. The maximum Gasteiger partial charge on any atom is 0.0544 e. The Hall–Kier alpha value is -1.67. The highest BCUT2D eigenvalue weighted by molar-refractivity contribution is 5.29. The minimum absolute atomic E-state index is 0.829. The number of rotatable bonds is 5. The van der Waals surface area contributed by atoms with E-state index in [-0.39, 0.29) is 0 Å². The lowest BCUT2D eigenvalue weighted by Gasteiger charge is -2.07. The lowest BCUT2D eigenvalue weighted by atomic mass is 10.1. The summed E-state index contributed by atoms with van der Waals surface area (Å²) in [6, 6.07) is 15.1. The fourth-order valence-electron chi connectivity index (χ4n) is 2.41. The number of pyridine rings is 1. The monoisotopic (exact) mass is 252 g/mol. The fourth-order valence-corrected chi connectivity index (χ4v) is 2.41. The molecule has 3 rings (SSSR count). The standard InChI is InChI=1S/C17H20N2/c1-13-4-2-7-17(19-13)12-18-11-14-5-3-6-16(10-14)15-8-9-15/h2-7,10,15,18H,8-9,11-12H2,1H3. The van der Waals surface area contributed by atoms with Gasteiger partial charge in [0.1, 0.15) is 0 Å². The molecule has 98 valence electrons. The van der Waals surface area contributed by atoms with Crippen LogP contribution in [0.2, 0.25) is 0 Å². The Morgan fingerprint density at radius 2 is 1.95 bits per heavy atom. The molecule has 1 aromatic carbocycles. The van der Waals surface area contributed by atoms with Crippen LogP contribution in [0.4, 0.5) is 0 Å². The zero-order valence-corrected chi connectivity index (χ0v) is 11.4. The lowest BCUT2D eigenvalue weighted by Crippen LogP contribution is -2.14. The first-order valence-corrected chi connectivity index (χ1v) is 7.03. The molecule has 19 heavy (non-hydrogen) atoms. The van der Waals surface area contributed by atoms with E-state index in [4.69, 9.17) is 0 Å². The van der Waals surface area contributed by atoms with Crippen molar-refractivity contribution in [3.63, 3.8) is 0 Å². The molecule has 0 atom stereocenters. The number of aromatic nitrogens is 1. The second-order valence-corrected chi connectivity index (χ2v) is 5.39. The minimum atomic E-state index is 0.829. The predicted molar refractivity (Wildman–Crippen MR) is 77.9 cm³/mol. The molecule has 0 aliphatic heterocycles. The molecule has 2 nitrogen and oxygen atoms in total. The maximum atomic E-state index is 4.50. The van der Waals surface area contributed by atoms with Crippen molar-refractivity contribution in [3.05, 3.63) is 65.0 Å². The van der Waals surface area contributed by atoms with Crippen LogP contribution < -0.4 is 5.32 Å². The van der Waals surface area contributed by atoms with Gasteiger partial charge in [-0.25, -0.2) is 0 Å². The molecule has 1 N–H and O–H groups in total. The number of nitrogens with zero attached hydrogens (tertiary/aromatic N) is 1. The third kappa shape index (κ3) is 3.42. The van der Waals surface area contributed by atoms with Crippen LogP contribution in [0.1, 0.15) is 41.3 Å². The largest absolute Gasteiger partial charge is 0.307 e. The Morgan fingerprint density at radius 3 is 2.74 bits per heavy atom. The smallest absolute Gasteiger partial charge is 0.0544 e. The first kappa shape index (κ1) is 12.4. The van der Waals surface area contributed by atoms with Crippen molar-refractivity contribution >= 4 is 0 Å². The highest BCUT2D eigenvalue weighted by Gasteiger charge is 2.23. The quantitative estimate of drug-likeness (QED) is 0.880. The maximum absolute atomic E-state index is 4.50. The van der Waals surface area contributed by atoms with Crippen LogP contribution in [0.15, 0.2) is 42.5 Å². The van der Waals surface area contributed by atoms with Gasteiger partial charge in [-0.1, -0.05) is 30.3 Å². The van der Waals surface area contributed by atoms with Gasteiger partial charge >= 0.3 is 0 Å². The Bertz CT molecular complexity index is 559. The van der Waals surface area contributed by atoms with Crippen molar-refractivity contribution in [2.24, 2.45) is 0 Å². The molecule has 0 saturated heterocycles. The number of aryl methyl sites for hydroxylation is 1. The molecular formula is C17H20N2. The topological polar surface area (TPSA) is 24.9 Å². The molecule has 1 aliphatic rings. The van der Waals surface area contributed by atoms with Crippen molar-refractivity contribution < 1.29 is 0 Å². The molecule has 0 spiro atoms. The van der Waals surface area contributed by atoms with Crippen LogP contribution in [0.3, 0.4) is 0 Å². The summed E-state index contributed by atoms with van der Waals surface area (Å²) in [6.45, 7) is 3.77. The minimum Gasteiger partial charge on any atom is -0.307 e. The second-order valence-electron chi connectivity index (χ2n) is 5.39. The molecule has 1 heterocycles. The molecule has 1 fully saturated rings. The third-order valence-corrected chi connectivity index (χ3v) is 3.58. The van der Waals surface area contributed by atoms with Crippen molar-refractivity contribution in [3.8, 4) is 0 Å². The van der Waals surface area contributed by atoms with Crippen LogP contribution in [0, 0.1) is 6.92 Å². The van der Waals surface area contributed by atoms with Crippen molar-refractivity contribution in [1.29, 1.82) is 0 Å². The van der Waals surface area contributed by atoms with E-state index in [0.29, 0.717) is 0 Å². The summed E-state index contributed by atoms with van der Waals surface area (Å²) < 4.78 is 0. The Balaban J connectivity index is 1.55. The molecule has 0 bridgehead atoms. The van der Waals surface area contributed by atoms with Crippen LogP contribution in [-0.4, -0.2) is 4.98 Å². The van der Waals surface area contributed by atoms with Crippen molar-refractivity contribution in [2.75, 3.05) is 0 Å². The van der Waals surface area contributed by atoms with Gasteiger partial charge in [0.2, 0.25) is 0 Å². The fraction of sp³-hybridized carbons (Fsp3) is 0.353. The van der Waals surface area contributed by atoms with Gasteiger partial charge in [0, 0.05) is 18.8 Å². The summed E-state index contributed by atoms with van der Waals surface area (Å²) in [5.41, 5.74) is 5.07. The SMILES string of the molecule is Cc1cccc(CNCc2cccc(C3CC3)c2)n1. The van der Waals surface area contributed by atoms with Crippen molar-refractivity contribution in [1.82, 2.24) is 10.3 Å². The highest BCUT2D eigenvalue weighted by Crippen LogP contribution is 2.40. The molecule has 1 aliphatic carbocycles. The van der Waals surface area contributed by atoms with Crippen LogP contribution in [-0.2, 0) is 13.1 Å². The summed E-state index contributed by atoms with van der Waals surface area (Å²) in [6.07, 6.45) is 2.73. The zero-order chi connectivity index (χ0) is 13.1. The van der Waals surface area contributed by atoms with Gasteiger partial charge in [0.15, 0.2) is 0 Å². The van der Waals surface area contributed by atoms with Gasteiger partial charge in [0.05, 0.1) is 5.69 Å². The Kier molecular flexibility index (Phi) is 3.60. The first-order chi connectivity index (χ1) is 9.31. The van der Waals surface area contributed by atoms with E-state index in [9.17, 15) is 0 Å². The molecule has 0 radical (unpaired) electrons. The zero-order valence-electron chi connectivity index (χ0n) is 11.4. The first-order valence-electron chi connectivity index (χ1n) is 7.03. The van der Waals surface area contributed by atoms with Crippen LogP contribution in [0.5, 0.6) is 0 Å². The Labute approximate surface area is 114 Å². The van der Waals surface area contributed by atoms with Crippen LogP contribution >= 0.6 is 0 Å². The summed E-state index contributed by atoms with van der Waals surface area (Å²) in [4.78, 5) is 4.50. The molecule has 1 aromatic heterocycles. The van der Waals surface area contributed by atoms with E-state index in [0.717, 1.165) is 30.4 Å². The summed E-state index contributed by atoms with van der Waals surface area (Å²) in [7, 11) is 0. The molecular weight excluding hydrogens is 232 g/mol. The Morgan fingerprint density at radius 1 is 1.11 bits per heavy atom. The predicted octanol–water partition coefficient (Wildman–Crippen LogP) is 3.56. The van der Waals surface area contributed by atoms with Gasteiger partial charge in [-0.15, -0.1) is 0 Å². The number of hydrogen-bond donors (Lipinski definition) is 1. The summed E-state index contributed by atoms with van der Waals surface area (Å²) in [5, 5.41) is 3.47. The van der Waals surface area contributed by atoms with E-state index < -0.39 is 0 Å². The van der Waals surface area contributed by atoms with Gasteiger partial charge < -0.3 is 5.32 Å². The van der Waals surface area contributed by atoms with E-state index >= 15 is 0 Å². The van der Waals surface area contributed by atoms with E-state index in [2.05, 4.69) is 46.7 Å². The summed E-state index contributed by atoms with van der Waals surface area (Å²) in [5.74, 6) is 0.832. The van der Waals surface area contributed by atoms with Gasteiger partial charge in [0.25, 0.3) is 0 Å². The van der Waals surface area contributed by atoms with E-state index in [1.165, 1.54) is 24.0 Å². The van der Waals surface area contributed by atoms with E-state index in [1.54, 1.807) is 0 Å². The molecule has 0 amide bonds. The number of benzene rings is 1. The summed E-state index contributed by atoms with van der Waals surface area (Å²) >= 11 is 0. The molecule has 2 aromatic rings. The van der Waals surface area contributed by atoms with Crippen LogP contribution in [0.25, 0.3) is 0 Å².